The summed E-state index contributed by atoms with van der Waals surface area (Å²) in [6.07, 6.45) is 5.84. The molecule has 4 aromatic rings. The number of aromatic nitrogens is 5. The highest BCUT2D eigenvalue weighted by atomic mass is 16.5. The van der Waals surface area contributed by atoms with Crippen LogP contribution in [0.5, 0.6) is 0 Å². The smallest absolute Gasteiger partial charge is 0.274 e. The lowest BCUT2D eigenvalue weighted by molar-refractivity contribution is 0.0729. The lowest BCUT2D eigenvalue weighted by atomic mass is 10.00. The predicted molar refractivity (Wildman–Crippen MR) is 114 cm³/mol. The largest absolute Gasteiger partial charge is 0.334 e. The van der Waals surface area contributed by atoms with Crippen molar-refractivity contribution in [3.8, 4) is 17.3 Å². The van der Waals surface area contributed by atoms with Crippen LogP contribution in [0, 0.1) is 0 Å². The second-order valence-electron chi connectivity index (χ2n) is 7.93. The minimum absolute atomic E-state index is 0.0807. The van der Waals surface area contributed by atoms with Crippen LogP contribution in [0.1, 0.15) is 47.2 Å². The van der Waals surface area contributed by atoms with Crippen molar-refractivity contribution in [2.75, 3.05) is 6.54 Å². The van der Waals surface area contributed by atoms with Crippen LogP contribution in [0.25, 0.3) is 17.3 Å². The van der Waals surface area contributed by atoms with Crippen molar-refractivity contribution < 1.29 is 9.32 Å². The zero-order chi connectivity index (χ0) is 21.4. The molecule has 8 nitrogen and oxygen atoms in total. The Kier molecular flexibility index (Phi) is 4.82. The Morgan fingerprint density at radius 1 is 1.13 bits per heavy atom. The molecule has 4 heterocycles. The summed E-state index contributed by atoms with van der Waals surface area (Å²) in [5, 5.41) is 4.01. The lowest BCUT2D eigenvalue weighted by Gasteiger charge is -2.28. The fourth-order valence-corrected chi connectivity index (χ4v) is 3.67. The summed E-state index contributed by atoms with van der Waals surface area (Å²) in [5.41, 5.74) is 3.65. The molecule has 0 unspecified atom stereocenters. The maximum absolute atomic E-state index is 13.0. The van der Waals surface area contributed by atoms with Gasteiger partial charge in [0.15, 0.2) is 5.82 Å². The summed E-state index contributed by atoms with van der Waals surface area (Å²) >= 11 is 0. The first kappa shape index (κ1) is 19.2. The highest BCUT2D eigenvalue weighted by Gasteiger charge is 2.23. The van der Waals surface area contributed by atoms with Crippen LogP contribution in [0.4, 0.5) is 0 Å². The SMILES string of the molecule is CC(C)c1noc(-c2ccnc(-n3cnc(C(=O)N4CCc5ccccc5C4)c3)c2)n1. The van der Waals surface area contributed by atoms with Crippen molar-refractivity contribution in [2.45, 2.75) is 32.7 Å². The van der Waals surface area contributed by atoms with Crippen molar-refractivity contribution in [3.63, 3.8) is 0 Å². The number of nitrogens with zero attached hydrogens (tertiary/aromatic N) is 6. The first-order valence-electron chi connectivity index (χ1n) is 10.3. The van der Waals surface area contributed by atoms with Gasteiger partial charge in [0.1, 0.15) is 17.8 Å². The molecule has 3 aromatic heterocycles. The Hall–Kier alpha value is -3.81. The molecular weight excluding hydrogens is 392 g/mol. The summed E-state index contributed by atoms with van der Waals surface area (Å²) in [4.78, 5) is 28.0. The minimum Gasteiger partial charge on any atom is -0.334 e. The monoisotopic (exact) mass is 414 g/mol. The van der Waals surface area contributed by atoms with E-state index in [-0.39, 0.29) is 11.8 Å². The van der Waals surface area contributed by atoms with Gasteiger partial charge in [0.05, 0.1) is 0 Å². The molecule has 1 aliphatic rings. The number of amides is 1. The summed E-state index contributed by atoms with van der Waals surface area (Å²) in [5.74, 6) is 1.82. The predicted octanol–water partition coefficient (Wildman–Crippen LogP) is 3.64. The second kappa shape index (κ2) is 7.79. The van der Waals surface area contributed by atoms with Crippen molar-refractivity contribution in [1.29, 1.82) is 0 Å². The van der Waals surface area contributed by atoms with E-state index in [4.69, 9.17) is 4.52 Å². The summed E-state index contributed by atoms with van der Waals surface area (Å²) in [6, 6.07) is 11.9. The molecule has 31 heavy (non-hydrogen) atoms. The van der Waals surface area contributed by atoms with Crippen molar-refractivity contribution in [2.24, 2.45) is 0 Å². The molecule has 156 valence electrons. The fraction of sp³-hybridized carbons (Fsp3) is 0.261. The molecule has 1 aliphatic heterocycles. The number of fused-ring (bicyclic) bond motifs is 1. The number of benzene rings is 1. The molecule has 0 atom stereocenters. The molecule has 0 radical (unpaired) electrons. The van der Waals surface area contributed by atoms with Crippen LogP contribution >= 0.6 is 0 Å². The molecule has 0 bridgehead atoms. The Labute approximate surface area is 179 Å². The molecule has 1 aromatic carbocycles. The van der Waals surface area contributed by atoms with Crippen molar-refractivity contribution in [3.05, 3.63) is 77.8 Å². The van der Waals surface area contributed by atoms with Gasteiger partial charge >= 0.3 is 0 Å². The van der Waals surface area contributed by atoms with Gasteiger partial charge < -0.3 is 9.42 Å². The summed E-state index contributed by atoms with van der Waals surface area (Å²) < 4.78 is 7.11. The Morgan fingerprint density at radius 2 is 1.97 bits per heavy atom. The van der Waals surface area contributed by atoms with Crippen molar-refractivity contribution in [1.82, 2.24) is 29.6 Å². The molecule has 5 rings (SSSR count). The third kappa shape index (κ3) is 3.72. The normalized spacial score (nSPS) is 13.5. The lowest BCUT2D eigenvalue weighted by Crippen LogP contribution is -2.36. The standard InChI is InChI=1S/C23H22N6O2/c1-15(2)21-26-22(31-27-21)17-7-9-24-20(11-17)29-13-19(25-14-29)23(30)28-10-8-16-5-3-4-6-18(16)12-28/h3-7,9,11,13-15H,8,10,12H2,1-2H3. The first-order chi connectivity index (χ1) is 15.1. The quantitative estimate of drug-likeness (QED) is 0.506. The third-order valence-corrected chi connectivity index (χ3v) is 5.43. The van der Waals surface area contributed by atoms with Gasteiger partial charge in [0.2, 0.25) is 0 Å². The molecule has 0 spiro atoms. The van der Waals surface area contributed by atoms with Gasteiger partial charge in [-0.25, -0.2) is 9.97 Å². The van der Waals surface area contributed by atoms with Gasteiger partial charge in [-0.1, -0.05) is 43.3 Å². The number of rotatable bonds is 4. The highest BCUT2D eigenvalue weighted by Crippen LogP contribution is 2.23. The Bertz CT molecular complexity index is 1240. The minimum atomic E-state index is -0.0807. The molecule has 0 aliphatic carbocycles. The number of hydrogen-bond donors (Lipinski definition) is 0. The van der Waals surface area contributed by atoms with Crippen LogP contribution in [-0.2, 0) is 13.0 Å². The topological polar surface area (TPSA) is 89.9 Å². The molecule has 0 N–H and O–H groups in total. The van der Waals surface area contributed by atoms with E-state index in [0.29, 0.717) is 36.3 Å². The zero-order valence-corrected chi connectivity index (χ0v) is 17.4. The van der Waals surface area contributed by atoms with E-state index in [0.717, 1.165) is 12.0 Å². The number of pyridine rings is 1. The average molecular weight is 414 g/mol. The van der Waals surface area contributed by atoms with Crippen LogP contribution in [0.3, 0.4) is 0 Å². The zero-order valence-electron chi connectivity index (χ0n) is 17.4. The third-order valence-electron chi connectivity index (χ3n) is 5.43. The number of carbonyl (C=O) groups excluding carboxylic acids is 1. The maximum Gasteiger partial charge on any atom is 0.274 e. The van der Waals surface area contributed by atoms with Gasteiger partial charge in [-0.15, -0.1) is 0 Å². The molecular formula is C23H22N6O2. The van der Waals surface area contributed by atoms with E-state index in [9.17, 15) is 4.79 Å². The van der Waals surface area contributed by atoms with E-state index in [1.165, 1.54) is 11.1 Å². The molecule has 8 heteroatoms. The van der Waals surface area contributed by atoms with Crippen LogP contribution in [-0.4, -0.2) is 42.0 Å². The van der Waals surface area contributed by atoms with Crippen LogP contribution < -0.4 is 0 Å². The van der Waals surface area contributed by atoms with E-state index in [2.05, 4.69) is 32.2 Å². The van der Waals surface area contributed by atoms with E-state index >= 15 is 0 Å². The van der Waals surface area contributed by atoms with Crippen LogP contribution in [0.2, 0.25) is 0 Å². The Morgan fingerprint density at radius 3 is 2.77 bits per heavy atom. The molecule has 0 saturated carbocycles. The van der Waals surface area contributed by atoms with Gasteiger partial charge in [-0.05, 0) is 29.7 Å². The number of hydrogen-bond acceptors (Lipinski definition) is 6. The van der Waals surface area contributed by atoms with Crippen LogP contribution in [0.15, 0.2) is 59.6 Å². The average Bonchev–Trinajstić information content (AvgIpc) is 3.49. The van der Waals surface area contributed by atoms with E-state index in [1.54, 1.807) is 23.3 Å². The highest BCUT2D eigenvalue weighted by molar-refractivity contribution is 5.92. The van der Waals surface area contributed by atoms with Gasteiger partial charge in [-0.3, -0.25) is 9.36 Å². The van der Waals surface area contributed by atoms with Gasteiger partial charge in [0.25, 0.3) is 11.8 Å². The second-order valence-corrected chi connectivity index (χ2v) is 7.93. The summed E-state index contributed by atoms with van der Waals surface area (Å²) in [6.45, 7) is 5.31. The van der Waals surface area contributed by atoms with Gasteiger partial charge in [-0.2, -0.15) is 4.98 Å². The first-order valence-corrected chi connectivity index (χ1v) is 10.3. The van der Waals surface area contributed by atoms with E-state index in [1.807, 2.05) is 43.0 Å². The number of carbonyl (C=O) groups is 1. The van der Waals surface area contributed by atoms with E-state index < -0.39 is 0 Å². The van der Waals surface area contributed by atoms with Gasteiger partial charge in [0, 0.05) is 37.0 Å². The molecule has 1 amide bonds. The van der Waals surface area contributed by atoms with Crippen molar-refractivity contribution >= 4 is 5.91 Å². The Balaban J connectivity index is 1.36. The molecule has 0 saturated heterocycles. The summed E-state index contributed by atoms with van der Waals surface area (Å²) in [7, 11) is 0. The molecule has 0 fully saturated rings. The number of imidazole rings is 1. The maximum atomic E-state index is 13.0. The fourth-order valence-electron chi connectivity index (χ4n) is 3.67.